The van der Waals surface area contributed by atoms with Gasteiger partial charge in [0.05, 0.1) is 11.9 Å². The maximum atomic E-state index is 13.4. The van der Waals surface area contributed by atoms with Gasteiger partial charge in [0.25, 0.3) is 5.91 Å². The first kappa shape index (κ1) is 19.5. The van der Waals surface area contributed by atoms with Crippen molar-refractivity contribution in [1.82, 2.24) is 14.6 Å². The maximum Gasteiger partial charge on any atom is 0.276 e. The molecule has 0 unspecified atom stereocenters. The summed E-state index contributed by atoms with van der Waals surface area (Å²) in [5, 5.41) is 6.86. The average Bonchev–Trinajstić information content (AvgIpc) is 3.15. The molecule has 6 nitrogen and oxygen atoms in total. The fraction of sp³-hybridized carbons (Fsp3) is 0.136. The number of halogens is 2. The molecular formula is C22H19F2N5O. The molecule has 30 heavy (non-hydrogen) atoms. The van der Waals surface area contributed by atoms with Gasteiger partial charge in [0.2, 0.25) is 0 Å². The van der Waals surface area contributed by atoms with Gasteiger partial charge in [0, 0.05) is 31.4 Å². The Morgan fingerprint density at radius 2 is 1.87 bits per heavy atom. The van der Waals surface area contributed by atoms with E-state index >= 15 is 0 Å². The van der Waals surface area contributed by atoms with Crippen molar-refractivity contribution in [2.75, 3.05) is 17.3 Å². The van der Waals surface area contributed by atoms with E-state index in [1.807, 2.05) is 49.2 Å². The summed E-state index contributed by atoms with van der Waals surface area (Å²) in [5.41, 5.74) is 2.81. The van der Waals surface area contributed by atoms with E-state index in [1.54, 1.807) is 16.8 Å². The molecule has 0 fully saturated rings. The lowest BCUT2D eigenvalue weighted by Gasteiger charge is -2.19. The first-order valence-corrected chi connectivity index (χ1v) is 9.29. The molecule has 1 N–H and O–H groups in total. The number of rotatable bonds is 5. The summed E-state index contributed by atoms with van der Waals surface area (Å²) in [5.74, 6) is -1.86. The summed E-state index contributed by atoms with van der Waals surface area (Å²) in [4.78, 5) is 19.2. The monoisotopic (exact) mass is 407 g/mol. The van der Waals surface area contributed by atoms with Crippen molar-refractivity contribution in [3.05, 3.63) is 89.4 Å². The van der Waals surface area contributed by atoms with E-state index in [4.69, 9.17) is 0 Å². The van der Waals surface area contributed by atoms with Crippen LogP contribution in [0.2, 0.25) is 0 Å². The zero-order valence-electron chi connectivity index (χ0n) is 16.4. The van der Waals surface area contributed by atoms with E-state index in [9.17, 15) is 13.6 Å². The molecule has 0 spiro atoms. The lowest BCUT2D eigenvalue weighted by Crippen LogP contribution is -2.19. The van der Waals surface area contributed by atoms with E-state index in [-0.39, 0.29) is 11.4 Å². The summed E-state index contributed by atoms with van der Waals surface area (Å²) >= 11 is 0. The Balaban J connectivity index is 1.64. The second-order valence-electron chi connectivity index (χ2n) is 6.99. The van der Waals surface area contributed by atoms with Gasteiger partial charge in [0.1, 0.15) is 5.52 Å². The van der Waals surface area contributed by atoms with Crippen molar-refractivity contribution in [3.8, 4) is 0 Å². The van der Waals surface area contributed by atoms with E-state index in [0.29, 0.717) is 17.9 Å². The van der Waals surface area contributed by atoms with E-state index < -0.39 is 17.5 Å². The lowest BCUT2D eigenvalue weighted by molar-refractivity contribution is 0.102. The zero-order valence-corrected chi connectivity index (χ0v) is 16.4. The van der Waals surface area contributed by atoms with Crippen LogP contribution >= 0.6 is 0 Å². The Morgan fingerprint density at radius 1 is 1.10 bits per heavy atom. The van der Waals surface area contributed by atoms with Crippen molar-refractivity contribution < 1.29 is 13.6 Å². The largest absolute Gasteiger partial charge is 0.354 e. The molecule has 8 heteroatoms. The van der Waals surface area contributed by atoms with Crippen LogP contribution in [0, 0.1) is 18.6 Å². The third-order valence-electron chi connectivity index (χ3n) is 4.59. The van der Waals surface area contributed by atoms with Crippen molar-refractivity contribution in [2.24, 2.45) is 0 Å². The highest BCUT2D eigenvalue weighted by Crippen LogP contribution is 2.22. The molecular weight excluding hydrogens is 388 g/mol. The Morgan fingerprint density at radius 3 is 2.60 bits per heavy atom. The van der Waals surface area contributed by atoms with Gasteiger partial charge in [-0.15, -0.1) is 0 Å². The normalized spacial score (nSPS) is 10.9. The van der Waals surface area contributed by atoms with Gasteiger partial charge in [-0.25, -0.2) is 18.3 Å². The standard InChI is InChI=1S/C22H19F2N5O/c1-14-12-29-20(21(25-14)28(2)13-15-6-4-3-5-7-15)11-19(27-29)22(30)26-16-8-9-17(23)18(24)10-16/h3-12H,13H2,1-2H3,(H,26,30). The van der Waals surface area contributed by atoms with Crippen LogP contribution in [-0.2, 0) is 6.54 Å². The number of aromatic nitrogens is 3. The molecule has 152 valence electrons. The van der Waals surface area contributed by atoms with Crippen molar-refractivity contribution in [3.63, 3.8) is 0 Å². The van der Waals surface area contributed by atoms with Gasteiger partial charge in [-0.2, -0.15) is 5.10 Å². The highest BCUT2D eigenvalue weighted by Gasteiger charge is 2.17. The Bertz CT molecular complexity index is 1220. The van der Waals surface area contributed by atoms with E-state index in [1.165, 1.54) is 6.07 Å². The number of nitrogens with zero attached hydrogens (tertiary/aromatic N) is 4. The molecule has 2 heterocycles. The topological polar surface area (TPSA) is 62.5 Å². The predicted molar refractivity (Wildman–Crippen MR) is 111 cm³/mol. The van der Waals surface area contributed by atoms with Crippen molar-refractivity contribution in [1.29, 1.82) is 0 Å². The highest BCUT2D eigenvalue weighted by atomic mass is 19.2. The van der Waals surface area contributed by atoms with Crippen LogP contribution < -0.4 is 10.2 Å². The molecule has 2 aromatic heterocycles. The number of amides is 1. The molecule has 0 aliphatic rings. The number of benzene rings is 2. The third kappa shape index (κ3) is 3.98. The summed E-state index contributed by atoms with van der Waals surface area (Å²) in [6.07, 6.45) is 1.73. The van der Waals surface area contributed by atoms with Crippen LogP contribution in [0.5, 0.6) is 0 Å². The molecule has 2 aromatic carbocycles. The number of aryl methyl sites for hydroxylation is 1. The van der Waals surface area contributed by atoms with Crippen LogP contribution in [0.25, 0.3) is 5.52 Å². The molecule has 4 rings (SSSR count). The minimum Gasteiger partial charge on any atom is -0.354 e. The molecule has 0 aliphatic heterocycles. The van der Waals surface area contributed by atoms with E-state index in [0.717, 1.165) is 23.4 Å². The van der Waals surface area contributed by atoms with Crippen LogP contribution in [0.3, 0.4) is 0 Å². The Kier molecular flexibility index (Phi) is 5.14. The SMILES string of the molecule is Cc1cn2nc(C(=O)Nc3ccc(F)c(F)c3)cc2c(N(C)Cc2ccccc2)n1. The van der Waals surface area contributed by atoms with Crippen LogP contribution in [0.1, 0.15) is 21.7 Å². The van der Waals surface area contributed by atoms with Gasteiger partial charge in [-0.3, -0.25) is 4.79 Å². The quantitative estimate of drug-likeness (QED) is 0.539. The first-order valence-electron chi connectivity index (χ1n) is 9.29. The van der Waals surface area contributed by atoms with Gasteiger partial charge in [-0.05, 0) is 24.6 Å². The number of nitrogens with one attached hydrogen (secondary N) is 1. The van der Waals surface area contributed by atoms with Crippen molar-refractivity contribution in [2.45, 2.75) is 13.5 Å². The van der Waals surface area contributed by atoms with Crippen molar-refractivity contribution >= 4 is 22.9 Å². The number of anilines is 2. The molecule has 0 saturated carbocycles. The average molecular weight is 407 g/mol. The fourth-order valence-electron chi connectivity index (χ4n) is 3.18. The zero-order chi connectivity index (χ0) is 21.3. The lowest BCUT2D eigenvalue weighted by atomic mass is 10.2. The molecule has 4 aromatic rings. The van der Waals surface area contributed by atoms with Crippen LogP contribution in [0.4, 0.5) is 20.3 Å². The third-order valence-corrected chi connectivity index (χ3v) is 4.59. The Hall–Kier alpha value is -3.81. The van der Waals surface area contributed by atoms with Gasteiger partial charge >= 0.3 is 0 Å². The second kappa shape index (κ2) is 7.90. The molecule has 0 radical (unpaired) electrons. The number of hydrogen-bond donors (Lipinski definition) is 1. The minimum absolute atomic E-state index is 0.140. The fourth-order valence-corrected chi connectivity index (χ4v) is 3.18. The molecule has 0 atom stereocenters. The number of carbonyl (C=O) groups is 1. The summed E-state index contributed by atoms with van der Waals surface area (Å²) in [7, 11) is 1.92. The Labute approximate surface area is 171 Å². The molecule has 0 aliphatic carbocycles. The number of hydrogen-bond acceptors (Lipinski definition) is 4. The molecule has 0 saturated heterocycles. The maximum absolute atomic E-state index is 13.4. The minimum atomic E-state index is -1.03. The first-order chi connectivity index (χ1) is 14.4. The van der Waals surface area contributed by atoms with Gasteiger partial charge < -0.3 is 10.2 Å². The predicted octanol–water partition coefficient (Wildman–Crippen LogP) is 4.20. The van der Waals surface area contributed by atoms with Gasteiger partial charge in [0.15, 0.2) is 23.1 Å². The molecule has 1 amide bonds. The van der Waals surface area contributed by atoms with E-state index in [2.05, 4.69) is 15.4 Å². The number of fused-ring (bicyclic) bond motifs is 1. The summed E-state index contributed by atoms with van der Waals surface area (Å²) in [6, 6.07) is 14.8. The molecule has 0 bridgehead atoms. The highest BCUT2D eigenvalue weighted by molar-refractivity contribution is 6.04. The number of carbonyl (C=O) groups excluding carboxylic acids is 1. The summed E-state index contributed by atoms with van der Waals surface area (Å²) in [6.45, 7) is 2.48. The smallest absolute Gasteiger partial charge is 0.276 e. The summed E-state index contributed by atoms with van der Waals surface area (Å²) < 4.78 is 28.1. The van der Waals surface area contributed by atoms with Crippen LogP contribution in [-0.4, -0.2) is 27.6 Å². The van der Waals surface area contributed by atoms with Gasteiger partial charge in [-0.1, -0.05) is 30.3 Å². The van der Waals surface area contributed by atoms with Crippen LogP contribution in [0.15, 0.2) is 60.8 Å². The second-order valence-corrected chi connectivity index (χ2v) is 6.99.